The number of urea groups is 1. The maximum Gasteiger partial charge on any atom is 0.322 e. The number of fused-ring (bicyclic) bond motifs is 1. The average Bonchev–Trinajstić information content (AvgIpc) is 3.10. The van der Waals surface area contributed by atoms with Gasteiger partial charge in [0.1, 0.15) is 0 Å². The smallest absolute Gasteiger partial charge is 0.322 e. The molecule has 3 amide bonds. The van der Waals surface area contributed by atoms with Crippen molar-refractivity contribution in [2.45, 2.75) is 19.5 Å². The van der Waals surface area contributed by atoms with E-state index in [0.29, 0.717) is 42.5 Å². The Morgan fingerprint density at radius 2 is 1.83 bits per heavy atom. The van der Waals surface area contributed by atoms with Crippen LogP contribution in [0.25, 0.3) is 0 Å². The molecule has 8 heteroatoms. The van der Waals surface area contributed by atoms with Crippen LogP contribution in [0, 0.1) is 0 Å². The van der Waals surface area contributed by atoms with Crippen LogP contribution in [0.5, 0.6) is 0 Å². The number of hydrogen-bond acceptors (Lipinski definition) is 3. The van der Waals surface area contributed by atoms with Crippen LogP contribution in [-0.2, 0) is 26.6 Å². The van der Waals surface area contributed by atoms with Gasteiger partial charge < -0.3 is 15.5 Å². The van der Waals surface area contributed by atoms with Crippen molar-refractivity contribution in [2.24, 2.45) is 7.05 Å². The number of carbonyl (C=O) groups excluding carboxylic acids is 2. The number of rotatable bonds is 4. The maximum absolute atomic E-state index is 12.8. The average molecular weight is 424 g/mol. The van der Waals surface area contributed by atoms with Gasteiger partial charge in [0.25, 0.3) is 5.91 Å². The van der Waals surface area contributed by atoms with E-state index in [9.17, 15) is 9.59 Å². The molecular weight excluding hydrogens is 402 g/mol. The van der Waals surface area contributed by atoms with Crippen molar-refractivity contribution >= 4 is 29.2 Å². The highest BCUT2D eigenvalue weighted by molar-refractivity contribution is 6.33. The molecule has 1 aliphatic rings. The van der Waals surface area contributed by atoms with E-state index in [-0.39, 0.29) is 11.9 Å². The first-order chi connectivity index (χ1) is 14.5. The van der Waals surface area contributed by atoms with Crippen molar-refractivity contribution in [1.29, 1.82) is 0 Å². The van der Waals surface area contributed by atoms with E-state index in [1.165, 1.54) is 0 Å². The molecule has 0 atom stereocenters. The third-order valence-electron chi connectivity index (χ3n) is 5.16. The molecule has 30 heavy (non-hydrogen) atoms. The van der Waals surface area contributed by atoms with Crippen molar-refractivity contribution in [1.82, 2.24) is 20.0 Å². The van der Waals surface area contributed by atoms with Crippen LogP contribution in [0.1, 0.15) is 27.3 Å². The summed E-state index contributed by atoms with van der Waals surface area (Å²) in [4.78, 5) is 27.2. The number of carbonyl (C=O) groups is 2. The van der Waals surface area contributed by atoms with Crippen LogP contribution in [0.2, 0.25) is 5.02 Å². The lowest BCUT2D eigenvalue weighted by Gasteiger charge is -2.28. The summed E-state index contributed by atoms with van der Waals surface area (Å²) in [6.07, 6.45) is 0.626. The monoisotopic (exact) mass is 423 g/mol. The van der Waals surface area contributed by atoms with Crippen LogP contribution in [0.3, 0.4) is 0 Å². The summed E-state index contributed by atoms with van der Waals surface area (Å²) in [7, 11) is 1.83. The second-order valence-electron chi connectivity index (χ2n) is 7.15. The molecule has 2 aromatic carbocycles. The fraction of sp³-hybridized carbons (Fsp3) is 0.227. The molecule has 3 aromatic rings. The van der Waals surface area contributed by atoms with E-state index in [0.717, 1.165) is 16.8 Å². The molecule has 1 aromatic heterocycles. The summed E-state index contributed by atoms with van der Waals surface area (Å²) in [5.41, 5.74) is 3.68. The molecule has 4 rings (SSSR count). The van der Waals surface area contributed by atoms with Crippen LogP contribution in [-0.4, -0.2) is 33.2 Å². The Labute approximate surface area is 179 Å². The van der Waals surface area contributed by atoms with Gasteiger partial charge in [0, 0.05) is 37.8 Å². The number of anilines is 1. The predicted octanol–water partition coefficient (Wildman–Crippen LogP) is 3.59. The zero-order valence-electron chi connectivity index (χ0n) is 16.6. The minimum absolute atomic E-state index is 0.246. The van der Waals surface area contributed by atoms with E-state index in [4.69, 9.17) is 11.6 Å². The molecule has 1 aliphatic heterocycles. The molecule has 0 radical (unpaired) electrons. The van der Waals surface area contributed by atoms with Crippen molar-refractivity contribution in [3.63, 3.8) is 0 Å². The van der Waals surface area contributed by atoms with E-state index < -0.39 is 0 Å². The highest BCUT2D eigenvalue weighted by Gasteiger charge is 2.29. The first kappa shape index (κ1) is 20.0. The quantitative estimate of drug-likeness (QED) is 0.673. The molecule has 0 aliphatic carbocycles. The minimum Gasteiger partial charge on any atom is -0.347 e. The van der Waals surface area contributed by atoms with E-state index in [1.807, 2.05) is 43.4 Å². The number of nitrogens with one attached hydrogen (secondary N) is 2. The molecule has 0 spiro atoms. The van der Waals surface area contributed by atoms with E-state index in [1.54, 1.807) is 27.8 Å². The summed E-state index contributed by atoms with van der Waals surface area (Å²) in [6.45, 7) is 1.27. The van der Waals surface area contributed by atoms with E-state index in [2.05, 4.69) is 15.7 Å². The van der Waals surface area contributed by atoms with Crippen molar-refractivity contribution in [3.8, 4) is 0 Å². The fourth-order valence-electron chi connectivity index (χ4n) is 3.57. The topological polar surface area (TPSA) is 79.3 Å². The standard InChI is InChI=1S/C22H22ClN5O2/c1-27-19-11-12-28(22(30)25-18-10-6-5-9-17(18)23)14-16(19)20(26-27)21(29)24-13-15-7-3-2-4-8-15/h2-10H,11-14H2,1H3,(H,24,29)(H,25,30). The summed E-state index contributed by atoms with van der Waals surface area (Å²) in [6, 6.07) is 16.5. The molecular formula is C22H22ClN5O2. The minimum atomic E-state index is -0.256. The van der Waals surface area contributed by atoms with Crippen LogP contribution < -0.4 is 10.6 Å². The van der Waals surface area contributed by atoms with Gasteiger partial charge >= 0.3 is 6.03 Å². The van der Waals surface area contributed by atoms with Crippen LogP contribution >= 0.6 is 11.6 Å². The Balaban J connectivity index is 1.48. The number of halogens is 1. The third-order valence-corrected chi connectivity index (χ3v) is 5.49. The lowest BCUT2D eigenvalue weighted by atomic mass is 10.0. The van der Waals surface area contributed by atoms with Gasteiger partial charge in [0.15, 0.2) is 5.69 Å². The molecule has 0 bridgehead atoms. The Kier molecular flexibility index (Phi) is 5.72. The van der Waals surface area contributed by atoms with Crippen LogP contribution in [0.15, 0.2) is 54.6 Å². The molecule has 0 fully saturated rings. The number of aromatic nitrogens is 2. The SMILES string of the molecule is Cn1nc(C(=O)NCc2ccccc2)c2c1CCN(C(=O)Nc1ccccc1Cl)C2. The Morgan fingerprint density at radius 3 is 2.60 bits per heavy atom. The van der Waals surface area contributed by atoms with Gasteiger partial charge in [-0.05, 0) is 17.7 Å². The summed E-state index contributed by atoms with van der Waals surface area (Å²) in [5.74, 6) is -0.246. The van der Waals surface area contributed by atoms with Gasteiger partial charge in [-0.25, -0.2) is 4.79 Å². The largest absolute Gasteiger partial charge is 0.347 e. The lowest BCUT2D eigenvalue weighted by Crippen LogP contribution is -2.39. The van der Waals surface area contributed by atoms with Gasteiger partial charge in [-0.1, -0.05) is 54.1 Å². The van der Waals surface area contributed by atoms with Crippen molar-refractivity contribution < 1.29 is 9.59 Å². The highest BCUT2D eigenvalue weighted by atomic mass is 35.5. The molecule has 2 heterocycles. The number of aryl methyl sites for hydroxylation is 1. The third kappa shape index (κ3) is 4.16. The second-order valence-corrected chi connectivity index (χ2v) is 7.55. The Morgan fingerprint density at radius 1 is 1.10 bits per heavy atom. The number of benzene rings is 2. The first-order valence-electron chi connectivity index (χ1n) is 9.70. The Hall–Kier alpha value is -3.32. The predicted molar refractivity (Wildman–Crippen MR) is 115 cm³/mol. The van der Waals surface area contributed by atoms with E-state index >= 15 is 0 Å². The summed E-state index contributed by atoms with van der Waals surface area (Å²) in [5, 5.41) is 10.7. The summed E-state index contributed by atoms with van der Waals surface area (Å²) >= 11 is 6.14. The maximum atomic E-state index is 12.8. The molecule has 154 valence electrons. The normalized spacial score (nSPS) is 12.9. The van der Waals surface area contributed by atoms with Gasteiger partial charge in [-0.3, -0.25) is 9.48 Å². The van der Waals surface area contributed by atoms with Crippen LogP contribution in [0.4, 0.5) is 10.5 Å². The van der Waals surface area contributed by atoms with Gasteiger partial charge in [0.2, 0.25) is 0 Å². The number of amides is 3. The van der Waals surface area contributed by atoms with Gasteiger partial charge in [-0.15, -0.1) is 0 Å². The first-order valence-corrected chi connectivity index (χ1v) is 10.1. The second kappa shape index (κ2) is 8.59. The zero-order chi connectivity index (χ0) is 21.1. The molecule has 0 saturated carbocycles. The number of para-hydroxylation sites is 1. The number of nitrogens with zero attached hydrogens (tertiary/aromatic N) is 3. The van der Waals surface area contributed by atoms with Gasteiger partial charge in [0.05, 0.1) is 17.3 Å². The molecule has 0 saturated heterocycles. The molecule has 2 N–H and O–H groups in total. The Bertz CT molecular complexity index is 1080. The van der Waals surface area contributed by atoms with Gasteiger partial charge in [-0.2, -0.15) is 5.10 Å². The molecule has 0 unspecified atom stereocenters. The number of hydrogen-bond donors (Lipinski definition) is 2. The van der Waals surface area contributed by atoms with Crippen molar-refractivity contribution in [3.05, 3.63) is 82.1 Å². The highest BCUT2D eigenvalue weighted by Crippen LogP contribution is 2.25. The molecule has 7 nitrogen and oxygen atoms in total. The lowest BCUT2D eigenvalue weighted by molar-refractivity contribution is 0.0943. The van der Waals surface area contributed by atoms with Crippen molar-refractivity contribution in [2.75, 3.05) is 11.9 Å². The zero-order valence-corrected chi connectivity index (χ0v) is 17.3. The summed E-state index contributed by atoms with van der Waals surface area (Å²) < 4.78 is 1.73. The fourth-order valence-corrected chi connectivity index (χ4v) is 3.75.